The average Bonchev–Trinajstić information content (AvgIpc) is 2.98. The Labute approximate surface area is 112 Å². The molecule has 2 aliphatic rings. The molecule has 3 heteroatoms. The van der Waals surface area contributed by atoms with Crippen molar-refractivity contribution < 1.29 is 9.47 Å². The van der Waals surface area contributed by atoms with Crippen LogP contribution >= 0.6 is 0 Å². The van der Waals surface area contributed by atoms with Crippen LogP contribution in [0.2, 0.25) is 0 Å². The molecule has 1 saturated heterocycles. The molecule has 18 heavy (non-hydrogen) atoms. The first-order valence-electron chi connectivity index (χ1n) is 7.68. The van der Waals surface area contributed by atoms with Gasteiger partial charge in [-0.2, -0.15) is 0 Å². The lowest BCUT2D eigenvalue weighted by atomic mass is 9.97. The van der Waals surface area contributed by atoms with Crippen LogP contribution in [0.4, 0.5) is 0 Å². The Morgan fingerprint density at radius 3 is 2.78 bits per heavy atom. The molecule has 106 valence electrons. The quantitative estimate of drug-likeness (QED) is 0.759. The second kappa shape index (κ2) is 6.88. The zero-order chi connectivity index (χ0) is 12.8. The summed E-state index contributed by atoms with van der Waals surface area (Å²) in [5, 5.41) is 3.49. The van der Waals surface area contributed by atoms with E-state index in [2.05, 4.69) is 12.2 Å². The first-order chi connectivity index (χ1) is 8.78. The van der Waals surface area contributed by atoms with Crippen LogP contribution in [0.5, 0.6) is 0 Å². The van der Waals surface area contributed by atoms with Crippen LogP contribution in [0.25, 0.3) is 0 Å². The fourth-order valence-electron chi connectivity index (χ4n) is 3.61. The Hall–Kier alpha value is -0.120. The fourth-order valence-corrected chi connectivity index (χ4v) is 3.61. The number of likely N-dealkylation sites (N-methyl/N-ethyl adjacent to an activating group) is 1. The standard InChI is InChI=1S/C15H29NO2/c1-3-16-13(12-17-2)6-7-14-8-11-15(18-14)9-4-5-10-15/h13-14,16H,3-12H2,1-2H3. The second-order valence-electron chi connectivity index (χ2n) is 5.96. The average molecular weight is 255 g/mol. The SMILES string of the molecule is CCNC(CCC1CCC2(CCCC2)O1)COC. The van der Waals surface area contributed by atoms with Gasteiger partial charge >= 0.3 is 0 Å². The summed E-state index contributed by atoms with van der Waals surface area (Å²) in [7, 11) is 1.78. The molecule has 2 unspecified atom stereocenters. The molecule has 3 nitrogen and oxygen atoms in total. The summed E-state index contributed by atoms with van der Waals surface area (Å²) < 4.78 is 11.6. The first-order valence-corrected chi connectivity index (χ1v) is 7.68. The van der Waals surface area contributed by atoms with Crippen LogP contribution in [0.15, 0.2) is 0 Å². The van der Waals surface area contributed by atoms with E-state index in [1.165, 1.54) is 51.4 Å². The van der Waals surface area contributed by atoms with Crippen LogP contribution in [-0.2, 0) is 9.47 Å². The van der Waals surface area contributed by atoms with Gasteiger partial charge in [0.1, 0.15) is 0 Å². The van der Waals surface area contributed by atoms with Crippen LogP contribution in [0.3, 0.4) is 0 Å². The molecule has 0 bridgehead atoms. The van der Waals surface area contributed by atoms with Crippen molar-refractivity contribution in [1.82, 2.24) is 5.32 Å². The highest BCUT2D eigenvalue weighted by atomic mass is 16.5. The second-order valence-corrected chi connectivity index (χ2v) is 5.96. The molecule has 0 aromatic rings. The smallest absolute Gasteiger partial charge is 0.0687 e. The molecule has 0 aromatic carbocycles. The summed E-state index contributed by atoms with van der Waals surface area (Å²) in [5.41, 5.74) is 0.291. The minimum absolute atomic E-state index is 0.291. The number of hydrogen-bond acceptors (Lipinski definition) is 3. The molecule has 1 aliphatic heterocycles. The zero-order valence-corrected chi connectivity index (χ0v) is 12.0. The van der Waals surface area contributed by atoms with Crippen molar-refractivity contribution in [1.29, 1.82) is 0 Å². The number of rotatable bonds is 7. The van der Waals surface area contributed by atoms with Crippen molar-refractivity contribution in [2.24, 2.45) is 0 Å². The molecule has 1 N–H and O–H groups in total. The molecule has 2 atom stereocenters. The summed E-state index contributed by atoms with van der Waals surface area (Å²) in [6.45, 7) is 3.98. The van der Waals surface area contributed by atoms with Crippen LogP contribution in [0, 0.1) is 0 Å². The summed E-state index contributed by atoms with van der Waals surface area (Å²) in [5.74, 6) is 0. The van der Waals surface area contributed by atoms with E-state index in [1.54, 1.807) is 7.11 Å². The Balaban J connectivity index is 1.70. The van der Waals surface area contributed by atoms with E-state index in [0.29, 0.717) is 17.7 Å². The van der Waals surface area contributed by atoms with Crippen molar-refractivity contribution in [3.8, 4) is 0 Å². The van der Waals surface area contributed by atoms with Gasteiger partial charge in [0, 0.05) is 13.2 Å². The van der Waals surface area contributed by atoms with Crippen LogP contribution in [-0.4, -0.2) is 38.0 Å². The van der Waals surface area contributed by atoms with E-state index >= 15 is 0 Å². The van der Waals surface area contributed by atoms with Crippen molar-refractivity contribution in [3.05, 3.63) is 0 Å². The predicted molar refractivity (Wildman–Crippen MR) is 73.9 cm³/mol. The van der Waals surface area contributed by atoms with Crippen LogP contribution in [0.1, 0.15) is 58.3 Å². The van der Waals surface area contributed by atoms with Gasteiger partial charge in [-0.3, -0.25) is 0 Å². The molecule has 1 aliphatic carbocycles. The largest absolute Gasteiger partial charge is 0.383 e. The highest BCUT2D eigenvalue weighted by Crippen LogP contribution is 2.44. The molecule has 2 rings (SSSR count). The van der Waals surface area contributed by atoms with Crippen molar-refractivity contribution in [2.45, 2.75) is 76.0 Å². The van der Waals surface area contributed by atoms with Gasteiger partial charge in [-0.1, -0.05) is 19.8 Å². The maximum atomic E-state index is 6.35. The number of hydrogen-bond donors (Lipinski definition) is 1. The van der Waals surface area contributed by atoms with Crippen molar-refractivity contribution in [3.63, 3.8) is 0 Å². The molecule has 2 fully saturated rings. The normalized spacial score (nSPS) is 28.0. The topological polar surface area (TPSA) is 30.5 Å². The monoisotopic (exact) mass is 255 g/mol. The summed E-state index contributed by atoms with van der Waals surface area (Å²) >= 11 is 0. The number of nitrogens with one attached hydrogen (secondary N) is 1. The molecule has 1 spiro atoms. The fraction of sp³-hybridized carbons (Fsp3) is 1.00. The van der Waals surface area contributed by atoms with Gasteiger partial charge in [-0.05, 0) is 45.1 Å². The molecule has 0 radical (unpaired) electrons. The molecule has 1 saturated carbocycles. The van der Waals surface area contributed by atoms with Crippen molar-refractivity contribution >= 4 is 0 Å². The molecular weight excluding hydrogens is 226 g/mol. The highest BCUT2D eigenvalue weighted by molar-refractivity contribution is 4.92. The van der Waals surface area contributed by atoms with Gasteiger partial charge in [0.05, 0.1) is 18.3 Å². The molecule has 0 aromatic heterocycles. The Bertz CT molecular complexity index is 233. The van der Waals surface area contributed by atoms with Gasteiger partial charge in [-0.25, -0.2) is 0 Å². The number of ether oxygens (including phenoxy) is 2. The third-order valence-electron chi connectivity index (χ3n) is 4.55. The summed E-state index contributed by atoms with van der Waals surface area (Å²) in [6, 6.07) is 0.490. The lowest BCUT2D eigenvalue weighted by molar-refractivity contribution is -0.0407. The van der Waals surface area contributed by atoms with Crippen molar-refractivity contribution in [2.75, 3.05) is 20.3 Å². The van der Waals surface area contributed by atoms with Gasteiger partial charge in [-0.15, -0.1) is 0 Å². The lowest BCUT2D eigenvalue weighted by Gasteiger charge is -2.24. The van der Waals surface area contributed by atoms with Gasteiger partial charge in [0.25, 0.3) is 0 Å². The predicted octanol–water partition coefficient (Wildman–Crippen LogP) is 2.88. The van der Waals surface area contributed by atoms with E-state index in [-0.39, 0.29) is 0 Å². The third kappa shape index (κ3) is 3.69. The van der Waals surface area contributed by atoms with Gasteiger partial charge in [0.15, 0.2) is 0 Å². The summed E-state index contributed by atoms with van der Waals surface area (Å²) in [4.78, 5) is 0. The van der Waals surface area contributed by atoms with E-state index in [4.69, 9.17) is 9.47 Å². The van der Waals surface area contributed by atoms with E-state index in [1.807, 2.05) is 0 Å². The maximum absolute atomic E-state index is 6.35. The van der Waals surface area contributed by atoms with Crippen LogP contribution < -0.4 is 5.32 Å². The van der Waals surface area contributed by atoms with Gasteiger partial charge < -0.3 is 14.8 Å². The molecule has 1 heterocycles. The minimum Gasteiger partial charge on any atom is -0.383 e. The number of methoxy groups -OCH3 is 1. The Morgan fingerprint density at radius 1 is 1.33 bits per heavy atom. The maximum Gasteiger partial charge on any atom is 0.0687 e. The highest BCUT2D eigenvalue weighted by Gasteiger charge is 2.41. The summed E-state index contributed by atoms with van der Waals surface area (Å²) in [6.07, 6.45) is 10.8. The first kappa shape index (κ1) is 14.3. The Kier molecular flexibility index (Phi) is 5.46. The molecule has 0 amide bonds. The van der Waals surface area contributed by atoms with E-state index in [9.17, 15) is 0 Å². The zero-order valence-electron chi connectivity index (χ0n) is 12.0. The Morgan fingerprint density at radius 2 is 2.11 bits per heavy atom. The lowest BCUT2D eigenvalue weighted by Crippen LogP contribution is -2.34. The van der Waals surface area contributed by atoms with E-state index in [0.717, 1.165) is 13.2 Å². The van der Waals surface area contributed by atoms with Gasteiger partial charge in [0.2, 0.25) is 0 Å². The molecular formula is C15H29NO2. The van der Waals surface area contributed by atoms with E-state index < -0.39 is 0 Å². The minimum atomic E-state index is 0.291. The third-order valence-corrected chi connectivity index (χ3v) is 4.55.